The maximum absolute atomic E-state index is 11.3. The summed E-state index contributed by atoms with van der Waals surface area (Å²) in [6, 6.07) is 0. The lowest BCUT2D eigenvalue weighted by Gasteiger charge is -2.22. The summed E-state index contributed by atoms with van der Waals surface area (Å²) >= 11 is 0. The maximum atomic E-state index is 11.3. The molecule has 0 unspecified atom stereocenters. The highest BCUT2D eigenvalue weighted by molar-refractivity contribution is 5.66. The van der Waals surface area contributed by atoms with Crippen molar-refractivity contribution in [2.75, 3.05) is 6.54 Å². The number of hydroxylamine groups is 2. The van der Waals surface area contributed by atoms with Gasteiger partial charge in [-0.1, -0.05) is 0 Å². The molecule has 0 fully saturated rings. The van der Waals surface area contributed by atoms with Crippen LogP contribution < -0.4 is 0 Å². The Labute approximate surface area is 97.2 Å². The van der Waals surface area contributed by atoms with Crippen LogP contribution in [-0.2, 0) is 4.74 Å². The first-order valence-electron chi connectivity index (χ1n) is 5.30. The minimum absolute atomic E-state index is 0.204. The summed E-state index contributed by atoms with van der Waals surface area (Å²) in [4.78, 5) is 11.3. The van der Waals surface area contributed by atoms with Crippen LogP contribution in [0.4, 0.5) is 4.79 Å². The molecule has 0 atom stereocenters. The number of carbonyl (C=O) groups excluding carboxylic acids is 1. The third-order valence-corrected chi connectivity index (χ3v) is 1.48. The van der Waals surface area contributed by atoms with Crippen molar-refractivity contribution in [1.29, 1.82) is 0 Å². The fraction of sp³-hybridized carbons (Fsp3) is 0.667. The van der Waals surface area contributed by atoms with Crippen LogP contribution >= 0.6 is 0 Å². The van der Waals surface area contributed by atoms with E-state index >= 15 is 0 Å². The Bertz CT molecular complexity index is 292. The fourth-order valence-corrected chi connectivity index (χ4v) is 0.869. The molecule has 0 bridgehead atoms. The zero-order valence-electron chi connectivity index (χ0n) is 10.7. The van der Waals surface area contributed by atoms with Gasteiger partial charge in [-0.25, -0.2) is 4.79 Å². The van der Waals surface area contributed by atoms with Crippen LogP contribution in [0.15, 0.2) is 17.4 Å². The van der Waals surface area contributed by atoms with Gasteiger partial charge in [0.25, 0.3) is 0 Å². The number of carbonyl (C=O) groups is 1. The van der Waals surface area contributed by atoms with Crippen molar-refractivity contribution in [2.45, 2.75) is 46.6 Å². The van der Waals surface area contributed by atoms with Crippen LogP contribution in [0.1, 0.15) is 41.0 Å². The van der Waals surface area contributed by atoms with Gasteiger partial charge in [-0.15, -0.1) is 5.73 Å². The molecular formula is C12H21NO3. The highest BCUT2D eigenvalue weighted by Gasteiger charge is 2.20. The molecule has 0 aliphatic rings. The Morgan fingerprint density at radius 1 is 1.44 bits per heavy atom. The van der Waals surface area contributed by atoms with E-state index in [4.69, 9.17) is 4.74 Å². The van der Waals surface area contributed by atoms with Gasteiger partial charge in [0.15, 0.2) is 0 Å². The van der Waals surface area contributed by atoms with E-state index in [-0.39, 0.29) is 6.54 Å². The summed E-state index contributed by atoms with van der Waals surface area (Å²) in [7, 11) is 0. The molecule has 0 aliphatic heterocycles. The molecule has 0 heterocycles. The van der Waals surface area contributed by atoms with Gasteiger partial charge in [-0.3, -0.25) is 5.21 Å². The van der Waals surface area contributed by atoms with Gasteiger partial charge in [0, 0.05) is 0 Å². The average Bonchev–Trinajstić information content (AvgIpc) is 2.08. The number of hydrogen-bond acceptors (Lipinski definition) is 3. The van der Waals surface area contributed by atoms with Gasteiger partial charge in [0.05, 0.1) is 6.54 Å². The van der Waals surface area contributed by atoms with Crippen molar-refractivity contribution in [3.63, 3.8) is 0 Å². The van der Waals surface area contributed by atoms with E-state index in [2.05, 4.69) is 5.73 Å². The Morgan fingerprint density at radius 3 is 2.44 bits per heavy atom. The van der Waals surface area contributed by atoms with Crippen molar-refractivity contribution < 1.29 is 14.7 Å². The predicted molar refractivity (Wildman–Crippen MR) is 62.3 cm³/mol. The minimum atomic E-state index is -0.724. The van der Waals surface area contributed by atoms with Gasteiger partial charge in [-0.05, 0) is 52.7 Å². The number of ether oxygens (including phenoxy) is 1. The second kappa shape index (κ2) is 6.36. The first kappa shape index (κ1) is 14.8. The topological polar surface area (TPSA) is 49.8 Å². The summed E-state index contributed by atoms with van der Waals surface area (Å²) in [6.07, 6.45) is 1.60. The quantitative estimate of drug-likeness (QED) is 0.458. The third kappa shape index (κ3) is 8.09. The summed E-state index contributed by atoms with van der Waals surface area (Å²) in [6.45, 7) is 9.32. The van der Waals surface area contributed by atoms with Gasteiger partial charge >= 0.3 is 6.09 Å². The summed E-state index contributed by atoms with van der Waals surface area (Å²) in [5.41, 5.74) is 3.46. The zero-order valence-corrected chi connectivity index (χ0v) is 10.7. The summed E-state index contributed by atoms with van der Waals surface area (Å²) in [5, 5.41) is 9.93. The van der Waals surface area contributed by atoms with Crippen LogP contribution in [0.3, 0.4) is 0 Å². The molecule has 1 N–H and O–H groups in total. The second-order valence-corrected chi connectivity index (χ2v) is 4.74. The molecule has 0 aromatic carbocycles. The molecule has 0 spiro atoms. The SMILES string of the molecule is CC(C)=C=CCCN(O)C(=O)OC(C)(C)C. The van der Waals surface area contributed by atoms with Gasteiger partial charge in [-0.2, -0.15) is 5.06 Å². The normalized spacial score (nSPS) is 10.4. The van der Waals surface area contributed by atoms with Crippen LogP contribution in [0.25, 0.3) is 0 Å². The van der Waals surface area contributed by atoms with Gasteiger partial charge in [0.1, 0.15) is 5.60 Å². The lowest BCUT2D eigenvalue weighted by Crippen LogP contribution is -2.35. The molecule has 16 heavy (non-hydrogen) atoms. The van der Waals surface area contributed by atoms with Crippen molar-refractivity contribution >= 4 is 6.09 Å². The van der Waals surface area contributed by atoms with Gasteiger partial charge in [0.2, 0.25) is 0 Å². The van der Waals surface area contributed by atoms with Gasteiger partial charge < -0.3 is 4.74 Å². The molecule has 0 aromatic heterocycles. The largest absolute Gasteiger partial charge is 0.442 e. The first-order chi connectivity index (χ1) is 7.22. The van der Waals surface area contributed by atoms with Crippen molar-refractivity contribution in [3.8, 4) is 0 Å². The van der Waals surface area contributed by atoms with Crippen LogP contribution in [0, 0.1) is 0 Å². The number of nitrogens with zero attached hydrogens (tertiary/aromatic N) is 1. The molecule has 0 saturated heterocycles. The molecule has 4 nitrogen and oxygen atoms in total. The monoisotopic (exact) mass is 227 g/mol. The van der Waals surface area contributed by atoms with E-state index in [1.54, 1.807) is 26.8 Å². The molecule has 0 aliphatic carbocycles. The maximum Gasteiger partial charge on any atom is 0.434 e. The molecule has 0 radical (unpaired) electrons. The molecule has 0 saturated carbocycles. The minimum Gasteiger partial charge on any atom is -0.442 e. The fourth-order valence-electron chi connectivity index (χ4n) is 0.869. The Hall–Kier alpha value is -1.25. The van der Waals surface area contributed by atoms with Crippen molar-refractivity contribution in [2.24, 2.45) is 0 Å². The van der Waals surface area contributed by atoms with Crippen LogP contribution in [-0.4, -0.2) is 28.5 Å². The zero-order chi connectivity index (χ0) is 12.8. The molecule has 0 rings (SSSR count). The molecule has 0 aromatic rings. The standard InChI is InChI=1S/C12H21NO3/c1-10(2)8-6-7-9-13(15)11(14)16-12(3,4)5/h6,15H,7,9H2,1-5H3. The first-order valence-corrected chi connectivity index (χ1v) is 5.30. The Morgan fingerprint density at radius 2 is 2.00 bits per heavy atom. The molecule has 4 heteroatoms. The number of amides is 1. The third-order valence-electron chi connectivity index (χ3n) is 1.48. The smallest absolute Gasteiger partial charge is 0.434 e. The van der Waals surface area contributed by atoms with E-state index in [0.717, 1.165) is 5.57 Å². The highest BCUT2D eigenvalue weighted by atomic mass is 16.6. The van der Waals surface area contributed by atoms with Crippen molar-refractivity contribution in [1.82, 2.24) is 5.06 Å². The van der Waals surface area contributed by atoms with E-state index in [0.29, 0.717) is 11.5 Å². The Kier molecular flexibility index (Phi) is 5.86. The van der Waals surface area contributed by atoms with Crippen molar-refractivity contribution in [3.05, 3.63) is 17.4 Å². The van der Waals surface area contributed by atoms with E-state index in [9.17, 15) is 10.0 Å². The molecule has 92 valence electrons. The van der Waals surface area contributed by atoms with E-state index in [1.807, 2.05) is 13.8 Å². The lowest BCUT2D eigenvalue weighted by atomic mass is 10.2. The number of rotatable bonds is 3. The Balaban J connectivity index is 4.03. The second-order valence-electron chi connectivity index (χ2n) is 4.74. The lowest BCUT2D eigenvalue weighted by molar-refractivity contribution is -0.0927. The number of hydrogen-bond donors (Lipinski definition) is 1. The van der Waals surface area contributed by atoms with E-state index < -0.39 is 11.7 Å². The average molecular weight is 227 g/mol. The molecular weight excluding hydrogens is 206 g/mol. The van der Waals surface area contributed by atoms with Crippen LogP contribution in [0.2, 0.25) is 0 Å². The summed E-state index contributed by atoms with van der Waals surface area (Å²) in [5.74, 6) is 0. The van der Waals surface area contributed by atoms with Crippen LogP contribution in [0.5, 0.6) is 0 Å². The van der Waals surface area contributed by atoms with E-state index in [1.165, 1.54) is 0 Å². The molecule has 1 amide bonds. The summed E-state index contributed by atoms with van der Waals surface area (Å²) < 4.78 is 4.98. The highest BCUT2D eigenvalue weighted by Crippen LogP contribution is 2.09. The predicted octanol–water partition coefficient (Wildman–Crippen LogP) is 3.12.